The zero-order chi connectivity index (χ0) is 18.3. The van der Waals surface area contributed by atoms with Crippen LogP contribution in [-0.4, -0.2) is 18.0 Å². The summed E-state index contributed by atoms with van der Waals surface area (Å²) in [5.74, 6) is 0.306. The molecular weight excluding hydrogens is 306 g/mol. The van der Waals surface area contributed by atoms with E-state index in [2.05, 4.69) is 12.8 Å². The standard InChI is InChI=1S/C8H13N.C6H9F2.C6H15N/c1-2-8(9)6-4-3-5-7-8;7-6(8)4-2-1-3-5-6;1-2-3-4-5-6-7/h1H,3-7,9H2;1H,2-5H2;2-7H2,1H3. The van der Waals surface area contributed by atoms with E-state index in [9.17, 15) is 8.78 Å². The van der Waals surface area contributed by atoms with Gasteiger partial charge >= 0.3 is 0 Å². The molecule has 4 heteroatoms. The van der Waals surface area contributed by atoms with Crippen LogP contribution in [0.1, 0.15) is 90.4 Å². The van der Waals surface area contributed by atoms with E-state index in [0.717, 1.165) is 19.4 Å². The van der Waals surface area contributed by atoms with Crippen molar-refractivity contribution in [2.75, 3.05) is 6.54 Å². The van der Waals surface area contributed by atoms with Crippen molar-refractivity contribution in [2.45, 2.75) is 102 Å². The maximum absolute atomic E-state index is 12.2. The van der Waals surface area contributed by atoms with Gasteiger partial charge in [0.2, 0.25) is 5.92 Å². The fourth-order valence-electron chi connectivity index (χ4n) is 2.79. The fraction of sp³-hybridized carbons (Fsp3) is 0.850. The molecule has 0 bridgehead atoms. The summed E-state index contributed by atoms with van der Waals surface area (Å²) in [6.07, 6.45) is 19.4. The molecule has 2 saturated carbocycles. The number of rotatable bonds is 4. The highest BCUT2D eigenvalue weighted by Crippen LogP contribution is 2.31. The van der Waals surface area contributed by atoms with Crippen molar-refractivity contribution in [1.82, 2.24) is 0 Å². The molecule has 0 atom stereocenters. The summed E-state index contributed by atoms with van der Waals surface area (Å²) in [4.78, 5) is 0. The number of unbranched alkanes of at least 4 members (excludes halogenated alkanes) is 3. The first-order valence-corrected chi connectivity index (χ1v) is 9.55. The van der Waals surface area contributed by atoms with Gasteiger partial charge in [0.25, 0.3) is 0 Å². The second-order valence-corrected chi connectivity index (χ2v) is 6.93. The summed E-state index contributed by atoms with van der Waals surface area (Å²) >= 11 is 0. The molecule has 0 heterocycles. The Kier molecular flexibility index (Phi) is 13.2. The van der Waals surface area contributed by atoms with Crippen molar-refractivity contribution < 1.29 is 8.78 Å². The molecule has 0 aromatic carbocycles. The highest BCUT2D eigenvalue weighted by atomic mass is 19.3. The van der Waals surface area contributed by atoms with Gasteiger partial charge in [-0.3, -0.25) is 0 Å². The van der Waals surface area contributed by atoms with Crippen molar-refractivity contribution in [2.24, 2.45) is 11.5 Å². The minimum atomic E-state index is -2.35. The lowest BCUT2D eigenvalue weighted by molar-refractivity contribution is -0.0254. The van der Waals surface area contributed by atoms with E-state index in [-0.39, 0.29) is 18.4 Å². The second kappa shape index (κ2) is 13.6. The van der Waals surface area contributed by atoms with Crippen LogP contribution in [0.2, 0.25) is 0 Å². The quantitative estimate of drug-likeness (QED) is 0.544. The van der Waals surface area contributed by atoms with E-state index < -0.39 is 5.92 Å². The predicted octanol–water partition coefficient (Wildman–Crippen LogP) is 5.21. The third-order valence-electron chi connectivity index (χ3n) is 4.52. The fourth-order valence-corrected chi connectivity index (χ4v) is 2.79. The van der Waals surface area contributed by atoms with Crippen LogP contribution in [0.3, 0.4) is 0 Å². The minimum absolute atomic E-state index is 0.0625. The van der Waals surface area contributed by atoms with Gasteiger partial charge in [-0.1, -0.05) is 51.4 Å². The van der Waals surface area contributed by atoms with E-state index in [1.54, 1.807) is 0 Å². The van der Waals surface area contributed by atoms with Crippen molar-refractivity contribution in [3.63, 3.8) is 0 Å². The lowest BCUT2D eigenvalue weighted by Gasteiger charge is -2.27. The highest BCUT2D eigenvalue weighted by molar-refractivity contribution is 5.11. The first-order valence-electron chi connectivity index (χ1n) is 9.55. The molecule has 2 aliphatic carbocycles. The molecule has 0 amide bonds. The van der Waals surface area contributed by atoms with Crippen molar-refractivity contribution in [3.8, 4) is 12.3 Å². The molecule has 141 valence electrons. The number of halogens is 2. The number of terminal acetylenes is 1. The zero-order valence-electron chi connectivity index (χ0n) is 15.5. The largest absolute Gasteiger partial charge is 0.330 e. The first-order chi connectivity index (χ1) is 11.4. The smallest absolute Gasteiger partial charge is 0.248 e. The summed E-state index contributed by atoms with van der Waals surface area (Å²) in [6.45, 7) is 3.07. The van der Waals surface area contributed by atoms with Gasteiger partial charge < -0.3 is 11.5 Å². The molecule has 24 heavy (non-hydrogen) atoms. The number of hydrogen-bond donors (Lipinski definition) is 2. The second-order valence-electron chi connectivity index (χ2n) is 6.93. The molecule has 0 aromatic rings. The maximum Gasteiger partial charge on any atom is 0.248 e. The molecule has 2 rings (SSSR count). The Hall–Kier alpha value is -0.660. The van der Waals surface area contributed by atoms with Crippen LogP contribution >= 0.6 is 0 Å². The van der Waals surface area contributed by atoms with Gasteiger partial charge in [-0.2, -0.15) is 0 Å². The van der Waals surface area contributed by atoms with E-state index in [0.29, 0.717) is 12.8 Å². The molecule has 1 radical (unpaired) electrons. The van der Waals surface area contributed by atoms with Gasteiger partial charge in [-0.25, -0.2) is 8.78 Å². The van der Waals surface area contributed by atoms with Gasteiger partial charge in [0.1, 0.15) is 0 Å². The summed E-state index contributed by atoms with van der Waals surface area (Å²) in [5.41, 5.74) is 10.8. The number of nitrogens with two attached hydrogens (primary N) is 2. The molecular formula is C20H37F2N2. The van der Waals surface area contributed by atoms with Crippen molar-refractivity contribution in [1.29, 1.82) is 0 Å². The molecule has 2 fully saturated rings. The molecule has 0 aromatic heterocycles. The van der Waals surface area contributed by atoms with Crippen molar-refractivity contribution >= 4 is 0 Å². The first kappa shape index (κ1) is 23.3. The minimum Gasteiger partial charge on any atom is -0.330 e. The van der Waals surface area contributed by atoms with Crippen molar-refractivity contribution in [3.05, 3.63) is 6.42 Å². The Bertz CT molecular complexity index is 319. The number of hydrogen-bond acceptors (Lipinski definition) is 2. The SMILES string of the molecule is C#CC1(N)CCCCC1.CCCCCCN.FC1(F)CC[CH]CC1. The Morgan fingerprint density at radius 2 is 1.58 bits per heavy atom. The Balaban J connectivity index is 0.000000334. The van der Waals surface area contributed by atoms with E-state index in [1.807, 2.05) is 6.42 Å². The molecule has 0 unspecified atom stereocenters. The summed E-state index contributed by atoms with van der Waals surface area (Å²) in [5, 5.41) is 0. The van der Waals surface area contributed by atoms with E-state index in [1.165, 1.54) is 44.9 Å². The third-order valence-corrected chi connectivity index (χ3v) is 4.52. The Morgan fingerprint density at radius 3 is 1.92 bits per heavy atom. The van der Waals surface area contributed by atoms with Crippen LogP contribution in [0.15, 0.2) is 0 Å². The summed E-state index contributed by atoms with van der Waals surface area (Å²) in [6, 6.07) is 0. The third kappa shape index (κ3) is 12.7. The monoisotopic (exact) mass is 343 g/mol. The highest BCUT2D eigenvalue weighted by Gasteiger charge is 2.30. The van der Waals surface area contributed by atoms with Crippen LogP contribution in [0.5, 0.6) is 0 Å². The van der Waals surface area contributed by atoms with Crippen LogP contribution in [-0.2, 0) is 0 Å². The summed E-state index contributed by atoms with van der Waals surface area (Å²) < 4.78 is 24.4. The van der Waals surface area contributed by atoms with E-state index in [4.69, 9.17) is 17.9 Å². The van der Waals surface area contributed by atoms with Gasteiger partial charge in [-0.05, 0) is 45.1 Å². The molecule has 0 aliphatic heterocycles. The lowest BCUT2D eigenvalue weighted by atomic mass is 9.83. The Labute approximate surface area is 148 Å². The number of alkyl halides is 2. The topological polar surface area (TPSA) is 52.0 Å². The van der Waals surface area contributed by atoms with E-state index >= 15 is 0 Å². The lowest BCUT2D eigenvalue weighted by Crippen LogP contribution is -2.39. The van der Waals surface area contributed by atoms with Gasteiger partial charge in [0, 0.05) is 12.8 Å². The van der Waals surface area contributed by atoms with Gasteiger partial charge in [-0.15, -0.1) is 6.42 Å². The normalized spacial score (nSPS) is 21.3. The molecule has 2 aliphatic rings. The predicted molar refractivity (Wildman–Crippen MR) is 99.7 cm³/mol. The van der Waals surface area contributed by atoms with Gasteiger partial charge in [0.15, 0.2) is 0 Å². The van der Waals surface area contributed by atoms with Crippen LogP contribution in [0.25, 0.3) is 0 Å². The Morgan fingerprint density at radius 1 is 1.00 bits per heavy atom. The van der Waals surface area contributed by atoms with Gasteiger partial charge in [0.05, 0.1) is 5.54 Å². The maximum atomic E-state index is 12.2. The summed E-state index contributed by atoms with van der Waals surface area (Å²) in [7, 11) is 0. The average molecular weight is 344 g/mol. The molecule has 0 spiro atoms. The molecule has 2 nitrogen and oxygen atoms in total. The van der Waals surface area contributed by atoms with Crippen LogP contribution in [0.4, 0.5) is 8.78 Å². The van der Waals surface area contributed by atoms with Crippen LogP contribution < -0.4 is 11.5 Å². The molecule has 0 saturated heterocycles. The molecule has 4 N–H and O–H groups in total. The average Bonchev–Trinajstić information content (AvgIpc) is 2.57. The zero-order valence-corrected chi connectivity index (χ0v) is 15.5. The van der Waals surface area contributed by atoms with Crippen LogP contribution in [0, 0.1) is 18.8 Å².